The van der Waals surface area contributed by atoms with Crippen molar-refractivity contribution in [3.05, 3.63) is 22.4 Å². The lowest BCUT2D eigenvalue weighted by Gasteiger charge is -2.13. The molecule has 0 bridgehead atoms. The Labute approximate surface area is 114 Å². The second-order valence-corrected chi connectivity index (χ2v) is 5.54. The molecule has 0 aliphatic rings. The van der Waals surface area contributed by atoms with Gasteiger partial charge >= 0.3 is 0 Å². The van der Waals surface area contributed by atoms with Gasteiger partial charge in [0, 0.05) is 18.0 Å². The lowest BCUT2D eigenvalue weighted by Crippen LogP contribution is -2.43. The summed E-state index contributed by atoms with van der Waals surface area (Å²) in [5.41, 5.74) is 0. The summed E-state index contributed by atoms with van der Waals surface area (Å²) in [7, 11) is 0. The van der Waals surface area contributed by atoms with Crippen LogP contribution in [0.4, 0.5) is 0 Å². The largest absolute Gasteiger partial charge is 0.355 e. The molecule has 0 saturated carbocycles. The van der Waals surface area contributed by atoms with Crippen LogP contribution in [0.3, 0.4) is 0 Å². The summed E-state index contributed by atoms with van der Waals surface area (Å²) < 4.78 is 0. The molecular formula is C14H24N2OS. The second kappa shape index (κ2) is 9.11. The molecule has 1 aromatic rings. The van der Waals surface area contributed by atoms with E-state index in [9.17, 15) is 4.79 Å². The van der Waals surface area contributed by atoms with E-state index in [-0.39, 0.29) is 11.9 Å². The summed E-state index contributed by atoms with van der Waals surface area (Å²) in [4.78, 5) is 13.1. The third kappa shape index (κ3) is 6.17. The van der Waals surface area contributed by atoms with Crippen molar-refractivity contribution in [2.24, 2.45) is 0 Å². The summed E-state index contributed by atoms with van der Waals surface area (Å²) >= 11 is 1.76. The normalized spacial score (nSPS) is 12.3. The molecule has 0 aliphatic carbocycles. The Hall–Kier alpha value is -0.870. The number of amides is 1. The van der Waals surface area contributed by atoms with E-state index in [1.54, 1.807) is 11.3 Å². The SMILES string of the molecule is CCCCCNC(=O)C(C)NCCc1cccs1. The van der Waals surface area contributed by atoms with Crippen LogP contribution in [-0.4, -0.2) is 25.0 Å². The van der Waals surface area contributed by atoms with Crippen molar-refractivity contribution in [2.75, 3.05) is 13.1 Å². The standard InChI is InChI=1S/C14H24N2OS/c1-3-4-5-9-16-14(17)12(2)15-10-8-13-7-6-11-18-13/h6-7,11-12,15H,3-5,8-10H2,1-2H3,(H,16,17). The average molecular weight is 268 g/mol. The minimum Gasteiger partial charge on any atom is -0.355 e. The molecule has 1 heterocycles. The van der Waals surface area contributed by atoms with Gasteiger partial charge in [-0.15, -0.1) is 11.3 Å². The molecule has 0 fully saturated rings. The Morgan fingerprint density at radius 2 is 2.22 bits per heavy atom. The van der Waals surface area contributed by atoms with E-state index in [4.69, 9.17) is 0 Å². The molecule has 0 saturated heterocycles. The molecule has 0 spiro atoms. The minimum atomic E-state index is -0.105. The van der Waals surface area contributed by atoms with E-state index < -0.39 is 0 Å². The van der Waals surface area contributed by atoms with Gasteiger partial charge in [0.25, 0.3) is 0 Å². The number of carbonyl (C=O) groups is 1. The van der Waals surface area contributed by atoms with Gasteiger partial charge in [0.15, 0.2) is 0 Å². The lowest BCUT2D eigenvalue weighted by atomic mass is 10.2. The van der Waals surface area contributed by atoms with E-state index in [1.807, 2.05) is 6.92 Å². The fourth-order valence-electron chi connectivity index (χ4n) is 1.70. The van der Waals surface area contributed by atoms with E-state index in [0.29, 0.717) is 0 Å². The maximum Gasteiger partial charge on any atom is 0.236 e. The first kappa shape index (κ1) is 15.2. The second-order valence-electron chi connectivity index (χ2n) is 4.50. The smallest absolute Gasteiger partial charge is 0.236 e. The van der Waals surface area contributed by atoms with E-state index in [2.05, 4.69) is 35.1 Å². The molecular weight excluding hydrogens is 244 g/mol. The number of nitrogens with one attached hydrogen (secondary N) is 2. The maximum absolute atomic E-state index is 11.7. The van der Waals surface area contributed by atoms with Crippen LogP contribution < -0.4 is 10.6 Å². The molecule has 3 nitrogen and oxygen atoms in total. The van der Waals surface area contributed by atoms with Gasteiger partial charge in [-0.1, -0.05) is 25.8 Å². The first-order valence-electron chi connectivity index (χ1n) is 6.77. The predicted octanol–water partition coefficient (Wildman–Crippen LogP) is 2.58. The third-order valence-electron chi connectivity index (χ3n) is 2.87. The summed E-state index contributed by atoms with van der Waals surface area (Å²) in [6.07, 6.45) is 4.43. The molecule has 102 valence electrons. The molecule has 4 heteroatoms. The van der Waals surface area contributed by atoms with Gasteiger partial charge in [0.2, 0.25) is 5.91 Å². The minimum absolute atomic E-state index is 0.105. The summed E-state index contributed by atoms with van der Waals surface area (Å²) in [5.74, 6) is 0.109. The van der Waals surface area contributed by atoms with Crippen LogP contribution >= 0.6 is 11.3 Å². The van der Waals surface area contributed by atoms with Crippen LogP contribution in [0.2, 0.25) is 0 Å². The molecule has 1 atom stereocenters. The average Bonchev–Trinajstić information content (AvgIpc) is 2.87. The predicted molar refractivity (Wildman–Crippen MR) is 78.0 cm³/mol. The van der Waals surface area contributed by atoms with E-state index >= 15 is 0 Å². The van der Waals surface area contributed by atoms with Crippen LogP contribution in [0, 0.1) is 0 Å². The van der Waals surface area contributed by atoms with Crippen molar-refractivity contribution < 1.29 is 4.79 Å². The first-order chi connectivity index (χ1) is 8.74. The summed E-state index contributed by atoms with van der Waals surface area (Å²) in [6.45, 7) is 5.73. The van der Waals surface area contributed by atoms with Crippen molar-refractivity contribution in [1.82, 2.24) is 10.6 Å². The molecule has 1 unspecified atom stereocenters. The Morgan fingerprint density at radius 1 is 1.39 bits per heavy atom. The fraction of sp³-hybridized carbons (Fsp3) is 0.643. The van der Waals surface area contributed by atoms with Gasteiger partial charge in [-0.25, -0.2) is 0 Å². The Kier molecular flexibility index (Phi) is 7.69. The monoisotopic (exact) mass is 268 g/mol. The van der Waals surface area contributed by atoms with Crippen molar-refractivity contribution in [3.63, 3.8) is 0 Å². The highest BCUT2D eigenvalue weighted by Gasteiger charge is 2.10. The Bertz CT molecular complexity index is 325. The number of rotatable bonds is 9. The molecule has 18 heavy (non-hydrogen) atoms. The molecule has 1 amide bonds. The van der Waals surface area contributed by atoms with Crippen molar-refractivity contribution in [2.45, 2.75) is 45.6 Å². The Balaban J connectivity index is 2.08. The molecule has 1 aromatic heterocycles. The quantitative estimate of drug-likeness (QED) is 0.676. The first-order valence-corrected chi connectivity index (χ1v) is 7.65. The number of thiophene rings is 1. The van der Waals surface area contributed by atoms with Gasteiger partial charge in [0.1, 0.15) is 0 Å². The molecule has 0 aliphatic heterocycles. The van der Waals surface area contributed by atoms with E-state index in [0.717, 1.165) is 25.9 Å². The number of hydrogen-bond acceptors (Lipinski definition) is 3. The summed E-state index contributed by atoms with van der Waals surface area (Å²) in [6, 6.07) is 4.08. The highest BCUT2D eigenvalue weighted by Crippen LogP contribution is 2.08. The number of carbonyl (C=O) groups excluding carboxylic acids is 1. The zero-order chi connectivity index (χ0) is 13.2. The van der Waals surface area contributed by atoms with E-state index in [1.165, 1.54) is 17.7 Å². The lowest BCUT2D eigenvalue weighted by molar-refractivity contribution is -0.122. The van der Waals surface area contributed by atoms with Gasteiger partial charge < -0.3 is 10.6 Å². The highest BCUT2D eigenvalue weighted by atomic mass is 32.1. The maximum atomic E-state index is 11.7. The van der Waals surface area contributed by atoms with Crippen LogP contribution in [0.25, 0.3) is 0 Å². The Morgan fingerprint density at radius 3 is 2.89 bits per heavy atom. The third-order valence-corrected chi connectivity index (χ3v) is 3.81. The van der Waals surface area contributed by atoms with Crippen molar-refractivity contribution in [1.29, 1.82) is 0 Å². The highest BCUT2D eigenvalue weighted by molar-refractivity contribution is 7.09. The molecule has 0 aromatic carbocycles. The van der Waals surface area contributed by atoms with Crippen molar-refractivity contribution in [3.8, 4) is 0 Å². The van der Waals surface area contributed by atoms with Crippen molar-refractivity contribution >= 4 is 17.2 Å². The zero-order valence-electron chi connectivity index (χ0n) is 11.4. The topological polar surface area (TPSA) is 41.1 Å². The molecule has 2 N–H and O–H groups in total. The zero-order valence-corrected chi connectivity index (χ0v) is 12.2. The van der Waals surface area contributed by atoms with Gasteiger partial charge in [-0.05, 0) is 31.2 Å². The van der Waals surface area contributed by atoms with Gasteiger partial charge in [-0.3, -0.25) is 4.79 Å². The van der Waals surface area contributed by atoms with Crippen LogP contribution in [0.5, 0.6) is 0 Å². The van der Waals surface area contributed by atoms with Crippen LogP contribution in [-0.2, 0) is 11.2 Å². The summed E-state index contributed by atoms with van der Waals surface area (Å²) in [5, 5.41) is 8.30. The fourth-order valence-corrected chi connectivity index (χ4v) is 2.41. The van der Waals surface area contributed by atoms with Gasteiger partial charge in [0.05, 0.1) is 6.04 Å². The number of unbranched alkanes of at least 4 members (excludes halogenated alkanes) is 2. The molecule has 1 rings (SSSR count). The molecule has 0 radical (unpaired) electrons. The van der Waals surface area contributed by atoms with Crippen LogP contribution in [0.1, 0.15) is 38.0 Å². The number of hydrogen-bond donors (Lipinski definition) is 2. The van der Waals surface area contributed by atoms with Gasteiger partial charge in [-0.2, -0.15) is 0 Å². The van der Waals surface area contributed by atoms with Crippen LogP contribution in [0.15, 0.2) is 17.5 Å².